The molecule has 3 rings (SSSR count). The molecule has 170 valence electrons. The number of aromatic hydroxyl groups is 1. The fraction of sp³-hybridized carbons (Fsp3) is 0.391. The molecule has 1 heterocycles. The number of Topliss-reactive ketones (excluding diaryl/α,β-unsaturated/α-hetero) is 1. The van der Waals surface area contributed by atoms with Gasteiger partial charge in [0.25, 0.3) is 0 Å². The first-order chi connectivity index (χ1) is 15.5. The van der Waals surface area contributed by atoms with E-state index in [1.165, 1.54) is 0 Å². The van der Waals surface area contributed by atoms with Crippen LogP contribution < -0.4 is 4.74 Å². The summed E-state index contributed by atoms with van der Waals surface area (Å²) in [6, 6.07) is 9.19. The standard InChI is InChI=1S/C23H27ClN4O3S/c1-4-7-18-21(10-9-17(23(18)30)20(29)5-2)31-12-6-13-32-22-11-8-16(14-19(22)24)28-15(3)25-26-27-28/h8-11,14,30H,4-7,12-13H2,1-3H3. The molecule has 7 nitrogen and oxygen atoms in total. The first kappa shape index (κ1) is 24.1. The van der Waals surface area contributed by atoms with E-state index in [0.29, 0.717) is 47.2 Å². The van der Waals surface area contributed by atoms with Crippen molar-refractivity contribution in [3.8, 4) is 17.2 Å². The van der Waals surface area contributed by atoms with Crippen molar-refractivity contribution in [3.05, 3.63) is 52.3 Å². The Kier molecular flexibility index (Phi) is 8.53. The van der Waals surface area contributed by atoms with Crippen LogP contribution in [0.5, 0.6) is 11.5 Å². The number of carbonyl (C=O) groups is 1. The summed E-state index contributed by atoms with van der Waals surface area (Å²) in [6.07, 6.45) is 2.66. The van der Waals surface area contributed by atoms with Crippen molar-refractivity contribution in [3.63, 3.8) is 0 Å². The number of benzene rings is 2. The number of rotatable bonds is 11. The van der Waals surface area contributed by atoms with Crippen molar-refractivity contribution >= 4 is 29.1 Å². The predicted octanol–water partition coefficient (Wildman–Crippen LogP) is 5.44. The summed E-state index contributed by atoms with van der Waals surface area (Å²) in [5, 5.41) is 22.7. The molecule has 0 bridgehead atoms. The van der Waals surface area contributed by atoms with E-state index in [2.05, 4.69) is 15.5 Å². The Balaban J connectivity index is 1.56. The average molecular weight is 475 g/mol. The van der Waals surface area contributed by atoms with Gasteiger partial charge in [0, 0.05) is 22.6 Å². The number of hydrogen-bond acceptors (Lipinski definition) is 7. The minimum Gasteiger partial charge on any atom is -0.507 e. The Bertz CT molecular complexity index is 1090. The Morgan fingerprint density at radius 1 is 1.25 bits per heavy atom. The molecule has 0 unspecified atom stereocenters. The average Bonchev–Trinajstić information content (AvgIpc) is 3.22. The third kappa shape index (κ3) is 5.61. The van der Waals surface area contributed by atoms with E-state index in [0.717, 1.165) is 29.2 Å². The lowest BCUT2D eigenvalue weighted by Gasteiger charge is -2.15. The number of aromatic nitrogens is 4. The summed E-state index contributed by atoms with van der Waals surface area (Å²) in [5.41, 5.74) is 1.89. The summed E-state index contributed by atoms with van der Waals surface area (Å²) in [5.74, 6) is 2.14. The van der Waals surface area contributed by atoms with Gasteiger partial charge in [-0.25, -0.2) is 0 Å². The maximum Gasteiger partial charge on any atom is 0.166 e. The maximum absolute atomic E-state index is 12.0. The zero-order chi connectivity index (χ0) is 23.1. The molecule has 0 amide bonds. The Hall–Kier alpha value is -2.58. The maximum atomic E-state index is 12.0. The summed E-state index contributed by atoms with van der Waals surface area (Å²) in [6.45, 7) is 6.15. The fourth-order valence-corrected chi connectivity index (χ4v) is 4.47. The normalized spacial score (nSPS) is 11.0. The second-order valence-electron chi connectivity index (χ2n) is 7.27. The van der Waals surface area contributed by atoms with Gasteiger partial charge in [-0.2, -0.15) is 4.68 Å². The zero-order valence-electron chi connectivity index (χ0n) is 18.5. The Morgan fingerprint density at radius 2 is 2.06 bits per heavy atom. The first-order valence-corrected chi connectivity index (χ1v) is 12.0. The van der Waals surface area contributed by atoms with Gasteiger partial charge in [0.1, 0.15) is 11.5 Å². The Morgan fingerprint density at radius 3 is 2.72 bits per heavy atom. The number of phenols is 1. The van der Waals surface area contributed by atoms with Crippen molar-refractivity contribution < 1.29 is 14.6 Å². The fourth-order valence-electron chi connectivity index (χ4n) is 3.29. The van der Waals surface area contributed by atoms with Crippen molar-refractivity contribution in [1.29, 1.82) is 0 Å². The third-order valence-corrected chi connectivity index (χ3v) is 6.54. The van der Waals surface area contributed by atoms with Crippen molar-refractivity contribution in [2.24, 2.45) is 0 Å². The lowest BCUT2D eigenvalue weighted by Crippen LogP contribution is -2.05. The highest BCUT2D eigenvalue weighted by molar-refractivity contribution is 7.99. The number of phenolic OH excluding ortho intramolecular Hbond substituents is 1. The highest BCUT2D eigenvalue weighted by Crippen LogP contribution is 2.34. The van der Waals surface area contributed by atoms with Crippen LogP contribution in [0.25, 0.3) is 5.69 Å². The lowest BCUT2D eigenvalue weighted by molar-refractivity contribution is 0.0985. The van der Waals surface area contributed by atoms with Crippen LogP contribution in [0.1, 0.15) is 54.9 Å². The lowest BCUT2D eigenvalue weighted by atomic mass is 10.00. The van der Waals surface area contributed by atoms with Gasteiger partial charge in [-0.15, -0.1) is 16.9 Å². The van der Waals surface area contributed by atoms with Crippen molar-refractivity contribution in [2.45, 2.75) is 51.3 Å². The number of nitrogens with zero attached hydrogens (tertiary/aromatic N) is 4. The predicted molar refractivity (Wildman–Crippen MR) is 126 cm³/mol. The van der Waals surface area contributed by atoms with Gasteiger partial charge in [-0.1, -0.05) is 31.9 Å². The summed E-state index contributed by atoms with van der Waals surface area (Å²) in [7, 11) is 0. The summed E-state index contributed by atoms with van der Waals surface area (Å²) in [4.78, 5) is 13.0. The van der Waals surface area contributed by atoms with E-state index >= 15 is 0 Å². The molecule has 9 heteroatoms. The largest absolute Gasteiger partial charge is 0.507 e. The van der Waals surface area contributed by atoms with E-state index in [-0.39, 0.29) is 11.5 Å². The molecule has 32 heavy (non-hydrogen) atoms. The van der Waals surface area contributed by atoms with Crippen LogP contribution in [0.4, 0.5) is 0 Å². The number of halogens is 1. The van der Waals surface area contributed by atoms with Gasteiger partial charge in [-0.05, 0) is 60.5 Å². The molecular weight excluding hydrogens is 448 g/mol. The highest BCUT2D eigenvalue weighted by atomic mass is 35.5. The van der Waals surface area contributed by atoms with Crippen LogP contribution >= 0.6 is 23.4 Å². The van der Waals surface area contributed by atoms with Crippen molar-refractivity contribution in [2.75, 3.05) is 12.4 Å². The molecule has 0 fully saturated rings. The van der Waals surface area contributed by atoms with E-state index in [9.17, 15) is 9.90 Å². The van der Waals surface area contributed by atoms with Crippen LogP contribution in [0.3, 0.4) is 0 Å². The molecule has 0 aliphatic rings. The molecular formula is C23H27ClN4O3S. The SMILES string of the molecule is CCCc1c(OCCCSc2ccc(-n3nnnc3C)cc2Cl)ccc(C(=O)CC)c1O. The number of aryl methyl sites for hydroxylation is 1. The number of thioether (sulfide) groups is 1. The molecule has 1 N–H and O–H groups in total. The number of ether oxygens (including phenoxy) is 1. The zero-order valence-corrected chi connectivity index (χ0v) is 20.0. The van der Waals surface area contributed by atoms with Gasteiger partial charge in [0.15, 0.2) is 11.6 Å². The number of carbonyl (C=O) groups excluding carboxylic acids is 1. The molecule has 0 radical (unpaired) electrons. The molecule has 0 spiro atoms. The molecule has 0 aliphatic heterocycles. The van der Waals surface area contributed by atoms with Crippen LogP contribution in [0, 0.1) is 6.92 Å². The highest BCUT2D eigenvalue weighted by Gasteiger charge is 2.17. The van der Waals surface area contributed by atoms with Gasteiger partial charge in [0.05, 0.1) is 22.9 Å². The second-order valence-corrected chi connectivity index (χ2v) is 8.81. The van der Waals surface area contributed by atoms with Gasteiger partial charge < -0.3 is 9.84 Å². The van der Waals surface area contributed by atoms with Crippen LogP contribution in [0.2, 0.25) is 5.02 Å². The first-order valence-electron chi connectivity index (χ1n) is 10.6. The molecule has 2 aromatic carbocycles. The molecule has 0 atom stereocenters. The van der Waals surface area contributed by atoms with Gasteiger partial charge in [-0.3, -0.25) is 4.79 Å². The summed E-state index contributed by atoms with van der Waals surface area (Å²) >= 11 is 8.10. The quantitative estimate of drug-likeness (QED) is 0.225. The topological polar surface area (TPSA) is 90.1 Å². The van der Waals surface area contributed by atoms with E-state index in [1.54, 1.807) is 35.5 Å². The second kappa shape index (κ2) is 11.3. The van der Waals surface area contributed by atoms with Crippen molar-refractivity contribution in [1.82, 2.24) is 20.2 Å². The molecule has 3 aromatic rings. The van der Waals surface area contributed by atoms with Gasteiger partial charge in [0.2, 0.25) is 0 Å². The van der Waals surface area contributed by atoms with E-state index in [1.807, 2.05) is 32.0 Å². The van der Waals surface area contributed by atoms with Crippen LogP contribution in [-0.2, 0) is 6.42 Å². The minimum atomic E-state index is -0.0686. The van der Waals surface area contributed by atoms with Crippen LogP contribution in [-0.4, -0.2) is 43.5 Å². The smallest absolute Gasteiger partial charge is 0.166 e. The van der Waals surface area contributed by atoms with E-state index in [4.69, 9.17) is 16.3 Å². The summed E-state index contributed by atoms with van der Waals surface area (Å²) < 4.78 is 7.58. The monoisotopic (exact) mass is 474 g/mol. The molecule has 0 aliphatic carbocycles. The molecule has 0 saturated carbocycles. The Labute approximate surface area is 197 Å². The number of ketones is 1. The molecule has 0 saturated heterocycles. The van der Waals surface area contributed by atoms with E-state index < -0.39 is 0 Å². The number of hydrogen-bond donors (Lipinski definition) is 1. The van der Waals surface area contributed by atoms with Crippen LogP contribution in [0.15, 0.2) is 35.2 Å². The minimum absolute atomic E-state index is 0.0512. The van der Waals surface area contributed by atoms with Gasteiger partial charge >= 0.3 is 0 Å². The molecule has 1 aromatic heterocycles. The third-order valence-electron chi connectivity index (χ3n) is 4.95. The number of tetrazole rings is 1.